The van der Waals surface area contributed by atoms with E-state index < -0.39 is 5.60 Å². The molecule has 0 aromatic carbocycles. The first-order chi connectivity index (χ1) is 11.4. The summed E-state index contributed by atoms with van der Waals surface area (Å²) in [4.78, 5) is 18.3. The first-order valence-electron chi connectivity index (χ1n) is 8.95. The zero-order chi connectivity index (χ0) is 19.7. The van der Waals surface area contributed by atoms with Crippen LogP contribution in [0.2, 0.25) is 0 Å². The van der Waals surface area contributed by atoms with E-state index in [4.69, 9.17) is 9.47 Å². The second-order valence-electron chi connectivity index (χ2n) is 7.81. The standard InChI is InChI=1S/C18H38N4O3.HI/c1-10-19-15(21-13-18(6,7)24-9)20-12-11-14(2)22(8)16(23)25-17(3,4)5;/h14H,10-13H2,1-9H3,(H2,19,20,21);1H. The highest BCUT2D eigenvalue weighted by atomic mass is 127. The van der Waals surface area contributed by atoms with Crippen LogP contribution >= 0.6 is 24.0 Å². The van der Waals surface area contributed by atoms with E-state index in [0.717, 1.165) is 18.9 Å². The summed E-state index contributed by atoms with van der Waals surface area (Å²) in [5, 5.41) is 6.51. The molecule has 0 spiro atoms. The Morgan fingerprint density at radius 1 is 1.19 bits per heavy atom. The number of halogens is 1. The van der Waals surface area contributed by atoms with Crippen molar-refractivity contribution in [2.45, 2.75) is 72.1 Å². The number of hydrogen-bond donors (Lipinski definition) is 2. The number of methoxy groups -OCH3 is 1. The van der Waals surface area contributed by atoms with Crippen molar-refractivity contribution in [2.75, 3.05) is 33.8 Å². The highest BCUT2D eigenvalue weighted by Gasteiger charge is 2.22. The maximum absolute atomic E-state index is 12.1. The van der Waals surface area contributed by atoms with Gasteiger partial charge in [0, 0.05) is 33.3 Å². The number of nitrogens with one attached hydrogen (secondary N) is 2. The van der Waals surface area contributed by atoms with Crippen LogP contribution < -0.4 is 10.6 Å². The lowest BCUT2D eigenvalue weighted by Gasteiger charge is -2.29. The summed E-state index contributed by atoms with van der Waals surface area (Å²) in [6.45, 7) is 15.7. The van der Waals surface area contributed by atoms with Gasteiger partial charge in [0.1, 0.15) is 5.60 Å². The SMILES string of the molecule is CCNC(=NCC(C)(C)OC)NCCC(C)N(C)C(=O)OC(C)(C)C.I. The van der Waals surface area contributed by atoms with Crippen LogP contribution in [0.1, 0.15) is 54.9 Å². The topological polar surface area (TPSA) is 75.2 Å². The lowest BCUT2D eigenvalue weighted by molar-refractivity contribution is 0.0230. The zero-order valence-electron chi connectivity index (χ0n) is 17.9. The molecule has 1 unspecified atom stereocenters. The van der Waals surface area contributed by atoms with Gasteiger partial charge in [-0.2, -0.15) is 0 Å². The Bertz CT molecular complexity index is 437. The molecule has 0 rings (SSSR count). The fourth-order valence-electron chi connectivity index (χ4n) is 1.78. The molecule has 0 aliphatic rings. The Morgan fingerprint density at radius 2 is 1.77 bits per heavy atom. The number of nitrogens with zero attached hydrogens (tertiary/aromatic N) is 2. The minimum absolute atomic E-state index is 0. The first kappa shape index (κ1) is 27.4. The molecule has 0 saturated carbocycles. The number of carbonyl (C=O) groups excluding carboxylic acids is 1. The van der Waals surface area contributed by atoms with Gasteiger partial charge in [-0.3, -0.25) is 4.99 Å². The van der Waals surface area contributed by atoms with E-state index >= 15 is 0 Å². The maximum atomic E-state index is 12.1. The highest BCUT2D eigenvalue weighted by Crippen LogP contribution is 2.11. The molecule has 0 aliphatic heterocycles. The molecule has 0 aromatic rings. The predicted molar refractivity (Wildman–Crippen MR) is 119 cm³/mol. The van der Waals surface area contributed by atoms with E-state index in [0.29, 0.717) is 13.1 Å². The average molecular weight is 486 g/mol. The predicted octanol–water partition coefficient (Wildman–Crippen LogP) is 3.23. The van der Waals surface area contributed by atoms with Gasteiger partial charge in [0.05, 0.1) is 12.1 Å². The number of rotatable bonds is 8. The van der Waals surface area contributed by atoms with Crippen LogP contribution in [-0.4, -0.2) is 68.0 Å². The highest BCUT2D eigenvalue weighted by molar-refractivity contribution is 14.0. The van der Waals surface area contributed by atoms with Crippen molar-refractivity contribution in [3.05, 3.63) is 0 Å². The third-order valence-electron chi connectivity index (χ3n) is 3.71. The van der Waals surface area contributed by atoms with Gasteiger partial charge < -0.3 is 25.0 Å². The lowest BCUT2D eigenvalue weighted by atomic mass is 10.1. The van der Waals surface area contributed by atoms with Crippen molar-refractivity contribution in [3.8, 4) is 0 Å². The fourth-order valence-corrected chi connectivity index (χ4v) is 1.78. The van der Waals surface area contributed by atoms with E-state index in [1.807, 2.05) is 48.5 Å². The summed E-state index contributed by atoms with van der Waals surface area (Å²) in [7, 11) is 3.45. The Balaban J connectivity index is 0. The van der Waals surface area contributed by atoms with Gasteiger partial charge in [0.2, 0.25) is 0 Å². The third-order valence-corrected chi connectivity index (χ3v) is 3.71. The molecule has 156 valence electrons. The molecule has 1 atom stereocenters. The van der Waals surface area contributed by atoms with Gasteiger partial charge in [-0.05, 0) is 54.9 Å². The molecule has 8 heteroatoms. The van der Waals surface area contributed by atoms with Gasteiger partial charge in [-0.25, -0.2) is 4.79 Å². The van der Waals surface area contributed by atoms with Gasteiger partial charge in [0.25, 0.3) is 0 Å². The maximum Gasteiger partial charge on any atom is 0.410 e. The molecule has 0 saturated heterocycles. The van der Waals surface area contributed by atoms with Gasteiger partial charge in [0.15, 0.2) is 5.96 Å². The number of hydrogen-bond acceptors (Lipinski definition) is 4. The summed E-state index contributed by atoms with van der Waals surface area (Å²) in [5.74, 6) is 0.750. The molecule has 1 amide bonds. The summed E-state index contributed by atoms with van der Waals surface area (Å²) < 4.78 is 10.8. The largest absolute Gasteiger partial charge is 0.444 e. The van der Waals surface area contributed by atoms with Crippen LogP contribution in [0.15, 0.2) is 4.99 Å². The van der Waals surface area contributed by atoms with Crippen LogP contribution in [0.3, 0.4) is 0 Å². The monoisotopic (exact) mass is 486 g/mol. The van der Waals surface area contributed by atoms with E-state index in [1.54, 1.807) is 19.1 Å². The molecule has 0 aliphatic carbocycles. The first-order valence-corrected chi connectivity index (χ1v) is 8.95. The average Bonchev–Trinajstić information content (AvgIpc) is 2.50. The van der Waals surface area contributed by atoms with Crippen molar-refractivity contribution in [3.63, 3.8) is 0 Å². The van der Waals surface area contributed by atoms with Crippen molar-refractivity contribution >= 4 is 36.0 Å². The van der Waals surface area contributed by atoms with Crippen molar-refractivity contribution in [1.82, 2.24) is 15.5 Å². The van der Waals surface area contributed by atoms with Crippen molar-refractivity contribution < 1.29 is 14.3 Å². The van der Waals surface area contributed by atoms with Crippen LogP contribution in [0.4, 0.5) is 4.79 Å². The molecular formula is C18H39IN4O3. The number of amides is 1. The number of aliphatic imine (C=N–C) groups is 1. The van der Waals surface area contributed by atoms with Gasteiger partial charge >= 0.3 is 6.09 Å². The molecule has 7 nitrogen and oxygen atoms in total. The summed E-state index contributed by atoms with van der Waals surface area (Å²) >= 11 is 0. The Hall–Kier alpha value is -0.770. The molecule has 0 bridgehead atoms. The molecule has 2 N–H and O–H groups in total. The van der Waals surface area contributed by atoms with Crippen molar-refractivity contribution in [2.24, 2.45) is 4.99 Å². The van der Waals surface area contributed by atoms with E-state index in [9.17, 15) is 4.79 Å². The number of guanidine groups is 1. The molecule has 0 heterocycles. The number of ether oxygens (including phenoxy) is 2. The second-order valence-corrected chi connectivity index (χ2v) is 7.81. The molecule has 26 heavy (non-hydrogen) atoms. The van der Waals surface area contributed by atoms with Crippen molar-refractivity contribution in [1.29, 1.82) is 0 Å². The van der Waals surface area contributed by atoms with E-state index in [-0.39, 0.29) is 41.7 Å². The molecule has 0 aromatic heterocycles. The number of carbonyl (C=O) groups is 1. The van der Waals surface area contributed by atoms with Crippen LogP contribution in [0, 0.1) is 0 Å². The van der Waals surface area contributed by atoms with Crippen LogP contribution in [0.25, 0.3) is 0 Å². The molecular weight excluding hydrogens is 447 g/mol. The smallest absolute Gasteiger partial charge is 0.410 e. The Labute approximate surface area is 176 Å². The lowest BCUT2D eigenvalue weighted by Crippen LogP contribution is -2.43. The summed E-state index contributed by atoms with van der Waals surface area (Å²) in [6.07, 6.45) is 0.482. The van der Waals surface area contributed by atoms with E-state index in [2.05, 4.69) is 15.6 Å². The van der Waals surface area contributed by atoms with E-state index in [1.165, 1.54) is 0 Å². The minimum Gasteiger partial charge on any atom is -0.444 e. The Morgan fingerprint density at radius 3 is 2.23 bits per heavy atom. The van der Waals surface area contributed by atoms with Crippen LogP contribution in [-0.2, 0) is 9.47 Å². The summed E-state index contributed by atoms with van der Waals surface area (Å²) in [6, 6.07) is 0.0562. The zero-order valence-corrected chi connectivity index (χ0v) is 20.3. The summed E-state index contributed by atoms with van der Waals surface area (Å²) in [5.41, 5.74) is -0.783. The Kier molecular flexibility index (Phi) is 13.3. The third kappa shape index (κ3) is 12.6. The van der Waals surface area contributed by atoms with Crippen LogP contribution in [0.5, 0.6) is 0 Å². The van der Waals surface area contributed by atoms with Gasteiger partial charge in [-0.15, -0.1) is 24.0 Å². The minimum atomic E-state index is -0.484. The molecule has 0 radical (unpaired) electrons. The van der Waals surface area contributed by atoms with Gasteiger partial charge in [-0.1, -0.05) is 0 Å². The molecule has 0 fully saturated rings. The fraction of sp³-hybridized carbons (Fsp3) is 0.889. The normalized spacial score (nSPS) is 13.5. The second kappa shape index (κ2) is 12.6. The quantitative estimate of drug-likeness (QED) is 0.313.